The maximum Gasteiger partial charge on any atom is 0.319 e. The van der Waals surface area contributed by atoms with Crippen LogP contribution in [0.25, 0.3) is 0 Å². The first-order valence-corrected chi connectivity index (χ1v) is 4.84. The molecule has 1 unspecified atom stereocenters. The van der Waals surface area contributed by atoms with E-state index >= 15 is 0 Å². The Balaban J connectivity index is 2.01. The van der Waals surface area contributed by atoms with E-state index in [1.165, 1.54) is 0 Å². The molecule has 8 nitrogen and oxygen atoms in total. The Morgan fingerprint density at radius 1 is 1.56 bits per heavy atom. The first kappa shape index (κ1) is 10.5. The van der Waals surface area contributed by atoms with Gasteiger partial charge in [0.2, 0.25) is 5.91 Å². The summed E-state index contributed by atoms with van der Waals surface area (Å²) in [6.07, 6.45) is 0.764. The fourth-order valence-electron chi connectivity index (χ4n) is 1.42. The molecule has 8 heteroatoms. The molecule has 1 aromatic heterocycles. The van der Waals surface area contributed by atoms with Gasteiger partial charge in [-0.05, 0) is 19.8 Å². The Bertz CT molecular complexity index is 411. The summed E-state index contributed by atoms with van der Waals surface area (Å²) < 4.78 is 0. The van der Waals surface area contributed by atoms with Crippen molar-refractivity contribution in [3.63, 3.8) is 0 Å². The Morgan fingerprint density at radius 2 is 2.25 bits per heavy atom. The van der Waals surface area contributed by atoms with Crippen LogP contribution in [-0.4, -0.2) is 37.6 Å². The molecule has 3 N–H and O–H groups in total. The number of nitrogens with zero attached hydrogens (tertiary/aromatic N) is 3. The summed E-state index contributed by atoms with van der Waals surface area (Å²) >= 11 is 0. The van der Waals surface area contributed by atoms with Crippen molar-refractivity contribution in [3.8, 4) is 0 Å². The van der Waals surface area contributed by atoms with E-state index in [-0.39, 0.29) is 0 Å². The van der Waals surface area contributed by atoms with Gasteiger partial charge < -0.3 is 10.4 Å². The lowest BCUT2D eigenvalue weighted by Crippen LogP contribution is -2.38. The topological polar surface area (TPSA) is 121 Å². The highest BCUT2D eigenvalue weighted by molar-refractivity contribution is 6.04. The van der Waals surface area contributed by atoms with Crippen molar-refractivity contribution >= 4 is 11.9 Å². The molecule has 86 valence electrons. The third-order valence-corrected chi connectivity index (χ3v) is 2.69. The molecule has 16 heavy (non-hydrogen) atoms. The van der Waals surface area contributed by atoms with Crippen LogP contribution in [0.4, 0.5) is 0 Å². The van der Waals surface area contributed by atoms with E-state index in [2.05, 4.69) is 25.9 Å². The molecule has 1 aliphatic rings. The maximum absolute atomic E-state index is 11.7. The summed E-state index contributed by atoms with van der Waals surface area (Å²) in [6.45, 7) is 1.67. The fraction of sp³-hybridized carbons (Fsp3) is 0.625. The quantitative estimate of drug-likeness (QED) is 0.579. The number of hydrogen-bond donors (Lipinski definition) is 3. The van der Waals surface area contributed by atoms with Crippen molar-refractivity contribution in [2.45, 2.75) is 25.8 Å². The minimum atomic E-state index is -1.24. The third kappa shape index (κ3) is 1.62. The molecule has 2 rings (SSSR count). The number of amides is 1. The van der Waals surface area contributed by atoms with Crippen LogP contribution in [0.3, 0.4) is 0 Å². The van der Waals surface area contributed by atoms with Crippen LogP contribution in [0.5, 0.6) is 0 Å². The van der Waals surface area contributed by atoms with E-state index in [1.54, 1.807) is 6.92 Å². The fourth-order valence-corrected chi connectivity index (χ4v) is 1.42. The lowest BCUT2D eigenvalue weighted by Gasteiger charge is -2.14. The molecular formula is C8H11N5O3. The number of hydrogen-bond acceptors (Lipinski definition) is 5. The number of aliphatic carboxylic acids is 1. The summed E-state index contributed by atoms with van der Waals surface area (Å²) in [6, 6.07) is -0.455. The molecule has 1 aliphatic carbocycles. The number of H-pyrrole nitrogens is 1. The molecule has 0 saturated heterocycles. The number of carboxylic acids is 1. The number of carboxylic acid groups (broad SMARTS) is 1. The normalized spacial score (nSPS) is 18.8. The Kier molecular flexibility index (Phi) is 2.33. The van der Waals surface area contributed by atoms with Gasteiger partial charge in [-0.25, -0.2) is 0 Å². The van der Waals surface area contributed by atoms with Crippen molar-refractivity contribution in [1.82, 2.24) is 25.9 Å². The van der Waals surface area contributed by atoms with E-state index in [1.807, 2.05) is 0 Å². The highest BCUT2D eigenvalue weighted by Gasteiger charge is 2.57. The summed E-state index contributed by atoms with van der Waals surface area (Å²) in [7, 11) is 0. The average Bonchev–Trinajstić information content (AvgIpc) is 2.87. The van der Waals surface area contributed by atoms with Gasteiger partial charge in [0.15, 0.2) is 5.82 Å². The van der Waals surface area contributed by atoms with Crippen molar-refractivity contribution < 1.29 is 14.7 Å². The molecule has 1 heterocycles. The van der Waals surface area contributed by atoms with Gasteiger partial charge in [-0.3, -0.25) is 9.59 Å². The zero-order valence-electron chi connectivity index (χ0n) is 8.60. The maximum atomic E-state index is 11.7. The Hall–Kier alpha value is -1.99. The number of tetrazole rings is 1. The summed E-state index contributed by atoms with van der Waals surface area (Å²) in [5.41, 5.74) is -1.24. The van der Waals surface area contributed by atoms with Crippen LogP contribution in [0.15, 0.2) is 0 Å². The molecule has 1 atom stereocenters. The second-order valence-electron chi connectivity index (χ2n) is 3.85. The molecule has 1 saturated carbocycles. The molecule has 0 aliphatic heterocycles. The van der Waals surface area contributed by atoms with Crippen molar-refractivity contribution in [1.29, 1.82) is 0 Å². The first-order valence-electron chi connectivity index (χ1n) is 4.84. The number of aromatic amines is 1. The summed E-state index contributed by atoms with van der Waals surface area (Å²) in [5.74, 6) is -1.24. The van der Waals surface area contributed by atoms with Crippen LogP contribution >= 0.6 is 0 Å². The van der Waals surface area contributed by atoms with Crippen LogP contribution in [-0.2, 0) is 9.59 Å². The number of carbonyl (C=O) groups is 2. The van der Waals surface area contributed by atoms with Crippen LogP contribution in [0.1, 0.15) is 31.6 Å². The van der Waals surface area contributed by atoms with Gasteiger partial charge in [-0.15, -0.1) is 10.2 Å². The second-order valence-corrected chi connectivity index (χ2v) is 3.85. The monoisotopic (exact) mass is 225 g/mol. The molecular weight excluding hydrogens is 214 g/mol. The number of nitrogens with one attached hydrogen (secondary N) is 2. The molecule has 1 aromatic rings. The van der Waals surface area contributed by atoms with Crippen LogP contribution < -0.4 is 5.32 Å². The first-order chi connectivity index (χ1) is 7.56. The summed E-state index contributed by atoms with van der Waals surface area (Å²) in [5, 5.41) is 24.5. The predicted molar refractivity (Wildman–Crippen MR) is 50.0 cm³/mol. The highest BCUT2D eigenvalue weighted by Crippen LogP contribution is 2.46. The lowest BCUT2D eigenvalue weighted by atomic mass is 10.1. The van der Waals surface area contributed by atoms with E-state index in [0.717, 1.165) is 0 Å². The Labute approximate surface area is 90.4 Å². The van der Waals surface area contributed by atoms with Gasteiger partial charge >= 0.3 is 5.97 Å². The largest absolute Gasteiger partial charge is 0.480 e. The SMILES string of the molecule is CC(NC(=O)C1(C(=O)O)CC1)c1nn[nH]n1. The zero-order chi connectivity index (χ0) is 11.8. The minimum absolute atomic E-state index is 0.328. The average molecular weight is 225 g/mol. The van der Waals surface area contributed by atoms with Crippen molar-refractivity contribution in [2.24, 2.45) is 5.41 Å². The van der Waals surface area contributed by atoms with E-state index < -0.39 is 23.3 Å². The molecule has 0 radical (unpaired) electrons. The van der Waals surface area contributed by atoms with Crippen molar-refractivity contribution in [2.75, 3.05) is 0 Å². The third-order valence-electron chi connectivity index (χ3n) is 2.69. The van der Waals surface area contributed by atoms with E-state index in [0.29, 0.717) is 18.7 Å². The van der Waals surface area contributed by atoms with Gasteiger partial charge in [0.1, 0.15) is 5.41 Å². The number of rotatable bonds is 4. The summed E-state index contributed by atoms with van der Waals surface area (Å²) in [4.78, 5) is 22.6. The standard InChI is InChI=1S/C8H11N5O3/c1-4(5-10-12-13-11-5)9-6(14)8(2-3-8)7(15)16/h4H,2-3H2,1H3,(H,9,14)(H,15,16)(H,10,11,12,13). The molecule has 0 spiro atoms. The number of aromatic nitrogens is 4. The predicted octanol–water partition coefficient (Wildman–Crippen LogP) is -0.758. The van der Waals surface area contributed by atoms with Gasteiger partial charge in [0.05, 0.1) is 6.04 Å². The Morgan fingerprint density at radius 3 is 2.69 bits per heavy atom. The zero-order valence-corrected chi connectivity index (χ0v) is 8.60. The van der Waals surface area contributed by atoms with Gasteiger partial charge in [-0.2, -0.15) is 5.21 Å². The second kappa shape index (κ2) is 3.54. The minimum Gasteiger partial charge on any atom is -0.480 e. The van der Waals surface area contributed by atoms with Crippen molar-refractivity contribution in [3.05, 3.63) is 5.82 Å². The van der Waals surface area contributed by atoms with Gasteiger partial charge in [0.25, 0.3) is 0 Å². The van der Waals surface area contributed by atoms with Gasteiger partial charge in [0, 0.05) is 0 Å². The molecule has 1 fully saturated rings. The van der Waals surface area contributed by atoms with Crippen LogP contribution in [0, 0.1) is 5.41 Å². The smallest absolute Gasteiger partial charge is 0.319 e. The molecule has 1 amide bonds. The molecule has 0 bridgehead atoms. The molecule has 0 aromatic carbocycles. The van der Waals surface area contributed by atoms with E-state index in [4.69, 9.17) is 5.11 Å². The lowest BCUT2D eigenvalue weighted by molar-refractivity contribution is -0.149. The number of carbonyl (C=O) groups excluding carboxylic acids is 1. The highest BCUT2D eigenvalue weighted by atomic mass is 16.4. The van der Waals surface area contributed by atoms with Gasteiger partial charge in [-0.1, -0.05) is 5.21 Å². The van der Waals surface area contributed by atoms with Crippen LogP contribution in [0.2, 0.25) is 0 Å². The van der Waals surface area contributed by atoms with E-state index in [9.17, 15) is 9.59 Å².